The van der Waals surface area contributed by atoms with Crippen LogP contribution in [0, 0.1) is 0 Å². The number of hydrogen-bond acceptors (Lipinski definition) is 3. The molecule has 0 radical (unpaired) electrons. The van der Waals surface area contributed by atoms with Crippen LogP contribution in [-0.2, 0) is 0 Å². The Hall–Kier alpha value is -1.22. The number of piperazine rings is 1. The molecule has 1 heterocycles. The molecule has 0 aliphatic carbocycles. The van der Waals surface area contributed by atoms with Crippen molar-refractivity contribution in [2.45, 2.75) is 45.7 Å². The molecule has 0 amide bonds. The third kappa shape index (κ3) is 3.41. The van der Waals surface area contributed by atoms with Gasteiger partial charge in [-0.2, -0.15) is 0 Å². The van der Waals surface area contributed by atoms with E-state index in [0.717, 1.165) is 31.9 Å². The van der Waals surface area contributed by atoms with Gasteiger partial charge < -0.3 is 15.0 Å². The summed E-state index contributed by atoms with van der Waals surface area (Å²) in [6.07, 6.45) is 1.16. The van der Waals surface area contributed by atoms with E-state index < -0.39 is 0 Å². The fourth-order valence-electron chi connectivity index (χ4n) is 2.68. The Bertz CT molecular complexity index is 400. The van der Waals surface area contributed by atoms with E-state index >= 15 is 0 Å². The summed E-state index contributed by atoms with van der Waals surface area (Å²) in [6, 6.07) is 9.07. The third-order valence-corrected chi connectivity index (χ3v) is 3.77. The van der Waals surface area contributed by atoms with E-state index in [-0.39, 0.29) is 5.54 Å². The minimum absolute atomic E-state index is 0.171. The lowest BCUT2D eigenvalue weighted by Gasteiger charge is -2.45. The zero-order valence-electron chi connectivity index (χ0n) is 12.6. The van der Waals surface area contributed by atoms with Gasteiger partial charge in [-0.3, -0.25) is 0 Å². The van der Waals surface area contributed by atoms with Gasteiger partial charge in [0.2, 0.25) is 0 Å². The molecular weight excluding hydrogens is 236 g/mol. The van der Waals surface area contributed by atoms with Gasteiger partial charge in [0.05, 0.1) is 6.61 Å². The molecule has 2 rings (SSSR count). The summed E-state index contributed by atoms with van der Waals surface area (Å²) in [5, 5.41) is 3.62. The van der Waals surface area contributed by atoms with Gasteiger partial charge in [-0.05, 0) is 51.5 Å². The highest BCUT2D eigenvalue weighted by Crippen LogP contribution is 2.26. The third-order valence-electron chi connectivity index (χ3n) is 3.77. The van der Waals surface area contributed by atoms with Crippen LogP contribution in [-0.4, -0.2) is 31.3 Å². The van der Waals surface area contributed by atoms with Crippen LogP contribution in [0.2, 0.25) is 0 Å². The van der Waals surface area contributed by atoms with Crippen LogP contribution >= 0.6 is 0 Å². The minimum atomic E-state index is 0.171. The van der Waals surface area contributed by atoms with Crippen molar-refractivity contribution < 1.29 is 4.74 Å². The number of hydrogen-bond donors (Lipinski definition) is 1. The normalized spacial score (nSPS) is 22.3. The first-order valence-corrected chi connectivity index (χ1v) is 7.30. The lowest BCUT2D eigenvalue weighted by Crippen LogP contribution is -2.61. The highest BCUT2D eigenvalue weighted by molar-refractivity contribution is 5.51. The lowest BCUT2D eigenvalue weighted by molar-refractivity contribution is 0.306. The quantitative estimate of drug-likeness (QED) is 0.902. The van der Waals surface area contributed by atoms with Crippen molar-refractivity contribution in [2.75, 3.05) is 24.6 Å². The molecule has 1 saturated heterocycles. The van der Waals surface area contributed by atoms with Gasteiger partial charge in [0.25, 0.3) is 0 Å². The van der Waals surface area contributed by atoms with Crippen LogP contribution in [0.1, 0.15) is 34.1 Å². The Labute approximate surface area is 116 Å². The summed E-state index contributed by atoms with van der Waals surface area (Å²) in [7, 11) is 0. The van der Waals surface area contributed by atoms with Gasteiger partial charge in [0.15, 0.2) is 0 Å². The van der Waals surface area contributed by atoms with Crippen molar-refractivity contribution in [3.05, 3.63) is 24.3 Å². The Morgan fingerprint density at radius 2 is 1.95 bits per heavy atom. The van der Waals surface area contributed by atoms with Crippen LogP contribution in [0.3, 0.4) is 0 Å². The zero-order chi connectivity index (χ0) is 13.9. The molecule has 0 bridgehead atoms. The maximum atomic E-state index is 5.51. The summed E-state index contributed by atoms with van der Waals surface area (Å²) in [6.45, 7) is 11.6. The van der Waals surface area contributed by atoms with Crippen molar-refractivity contribution in [3.63, 3.8) is 0 Å². The SMILES string of the molecule is CCOc1ccc(N2CC(C)(C)NCC2CC)cc1. The van der Waals surface area contributed by atoms with Crippen LogP contribution in [0.4, 0.5) is 5.69 Å². The Morgan fingerprint density at radius 1 is 1.26 bits per heavy atom. The van der Waals surface area contributed by atoms with Crippen LogP contribution < -0.4 is 15.0 Å². The molecular formula is C16H26N2O. The number of anilines is 1. The molecule has 1 aromatic rings. The Morgan fingerprint density at radius 3 is 2.53 bits per heavy atom. The molecule has 1 unspecified atom stereocenters. The average molecular weight is 262 g/mol. The molecule has 1 N–H and O–H groups in total. The second kappa shape index (κ2) is 5.83. The van der Waals surface area contributed by atoms with E-state index in [2.05, 4.69) is 55.3 Å². The molecule has 1 fully saturated rings. The molecule has 19 heavy (non-hydrogen) atoms. The van der Waals surface area contributed by atoms with E-state index in [1.165, 1.54) is 5.69 Å². The predicted molar refractivity (Wildman–Crippen MR) is 81.1 cm³/mol. The van der Waals surface area contributed by atoms with E-state index in [0.29, 0.717) is 6.04 Å². The van der Waals surface area contributed by atoms with Gasteiger partial charge in [-0.15, -0.1) is 0 Å². The fourth-order valence-corrected chi connectivity index (χ4v) is 2.68. The molecule has 106 valence electrons. The van der Waals surface area contributed by atoms with Crippen molar-refractivity contribution in [3.8, 4) is 5.75 Å². The summed E-state index contributed by atoms with van der Waals surface area (Å²) < 4.78 is 5.51. The van der Waals surface area contributed by atoms with Gasteiger partial charge in [0, 0.05) is 30.4 Å². The van der Waals surface area contributed by atoms with Crippen molar-refractivity contribution in [1.29, 1.82) is 0 Å². The fraction of sp³-hybridized carbons (Fsp3) is 0.625. The molecule has 0 spiro atoms. The molecule has 1 atom stereocenters. The van der Waals surface area contributed by atoms with Crippen molar-refractivity contribution in [1.82, 2.24) is 5.32 Å². The maximum Gasteiger partial charge on any atom is 0.119 e. The maximum absolute atomic E-state index is 5.51. The Kier molecular flexibility index (Phi) is 4.35. The number of rotatable bonds is 4. The minimum Gasteiger partial charge on any atom is -0.494 e. The van der Waals surface area contributed by atoms with Crippen LogP contribution in [0.25, 0.3) is 0 Å². The van der Waals surface area contributed by atoms with Crippen LogP contribution in [0.5, 0.6) is 5.75 Å². The topological polar surface area (TPSA) is 24.5 Å². The second-order valence-corrected chi connectivity index (χ2v) is 5.88. The van der Waals surface area contributed by atoms with Crippen LogP contribution in [0.15, 0.2) is 24.3 Å². The molecule has 0 saturated carbocycles. The van der Waals surface area contributed by atoms with Crippen molar-refractivity contribution >= 4 is 5.69 Å². The first-order chi connectivity index (χ1) is 9.05. The summed E-state index contributed by atoms with van der Waals surface area (Å²) in [5.41, 5.74) is 1.47. The zero-order valence-corrected chi connectivity index (χ0v) is 12.6. The predicted octanol–water partition coefficient (Wildman–Crippen LogP) is 3.05. The number of benzene rings is 1. The van der Waals surface area contributed by atoms with Gasteiger partial charge in [-0.1, -0.05) is 6.92 Å². The number of nitrogens with one attached hydrogen (secondary N) is 1. The standard InChI is InChI=1S/C16H26N2O/c1-5-13-11-17-16(3,4)12-18(13)14-7-9-15(10-8-14)19-6-2/h7-10,13,17H,5-6,11-12H2,1-4H3. The van der Waals surface area contributed by atoms with E-state index in [1.54, 1.807) is 0 Å². The smallest absolute Gasteiger partial charge is 0.119 e. The van der Waals surface area contributed by atoms with E-state index in [4.69, 9.17) is 4.74 Å². The monoisotopic (exact) mass is 262 g/mol. The molecule has 1 aromatic carbocycles. The molecule has 1 aliphatic rings. The largest absolute Gasteiger partial charge is 0.494 e. The average Bonchev–Trinajstić information content (AvgIpc) is 2.39. The van der Waals surface area contributed by atoms with Crippen molar-refractivity contribution in [2.24, 2.45) is 0 Å². The molecule has 1 aliphatic heterocycles. The second-order valence-electron chi connectivity index (χ2n) is 5.88. The number of nitrogens with zero attached hydrogens (tertiary/aromatic N) is 1. The van der Waals surface area contributed by atoms with Gasteiger partial charge in [-0.25, -0.2) is 0 Å². The molecule has 0 aromatic heterocycles. The lowest BCUT2D eigenvalue weighted by atomic mass is 9.97. The molecule has 3 nitrogen and oxygen atoms in total. The van der Waals surface area contributed by atoms with E-state index in [9.17, 15) is 0 Å². The van der Waals surface area contributed by atoms with Gasteiger partial charge in [0.1, 0.15) is 5.75 Å². The highest BCUT2D eigenvalue weighted by Gasteiger charge is 2.31. The van der Waals surface area contributed by atoms with Gasteiger partial charge >= 0.3 is 0 Å². The number of ether oxygens (including phenoxy) is 1. The van der Waals surface area contributed by atoms with E-state index in [1.807, 2.05) is 6.92 Å². The summed E-state index contributed by atoms with van der Waals surface area (Å²) >= 11 is 0. The summed E-state index contributed by atoms with van der Waals surface area (Å²) in [5.74, 6) is 0.952. The highest BCUT2D eigenvalue weighted by atomic mass is 16.5. The first kappa shape index (κ1) is 14.2. The Balaban J connectivity index is 2.16. The summed E-state index contributed by atoms with van der Waals surface area (Å²) in [4.78, 5) is 2.52. The molecule has 3 heteroatoms. The first-order valence-electron chi connectivity index (χ1n) is 7.30.